The first-order chi connectivity index (χ1) is 8.58. The molecule has 18 heavy (non-hydrogen) atoms. The molecule has 100 valence electrons. The number of benzene rings is 1. The number of nitrogen functional groups attached to an aromatic ring is 1. The average Bonchev–Trinajstić information content (AvgIpc) is 2.31. The van der Waals surface area contributed by atoms with E-state index in [9.17, 15) is 0 Å². The van der Waals surface area contributed by atoms with Crippen molar-refractivity contribution in [1.29, 1.82) is 0 Å². The Labute approximate surface area is 108 Å². The monoisotopic (exact) mass is 250 g/mol. The summed E-state index contributed by atoms with van der Waals surface area (Å²) in [7, 11) is 0. The smallest absolute Gasteiger partial charge is 0.0606 e. The number of hydrogen-bond acceptors (Lipinski definition) is 4. The summed E-state index contributed by atoms with van der Waals surface area (Å²) in [5.74, 6) is 0. The van der Waals surface area contributed by atoms with E-state index in [1.165, 1.54) is 5.57 Å². The average molecular weight is 250 g/mol. The van der Waals surface area contributed by atoms with Gasteiger partial charge >= 0.3 is 0 Å². The van der Waals surface area contributed by atoms with E-state index in [1.807, 2.05) is 43.0 Å². The highest BCUT2D eigenvalue weighted by molar-refractivity contribution is 5.70. The summed E-state index contributed by atoms with van der Waals surface area (Å²) < 4.78 is 0. The molecule has 0 spiro atoms. The number of nitrogens with two attached hydrogens (primary N) is 1. The largest absolute Gasteiger partial charge is 0.398 e. The molecular weight excluding hydrogens is 228 g/mol. The lowest BCUT2D eigenvalue weighted by Gasteiger charge is -2.23. The van der Waals surface area contributed by atoms with Crippen LogP contribution < -0.4 is 10.6 Å². The van der Waals surface area contributed by atoms with Gasteiger partial charge in [-0.05, 0) is 37.6 Å². The molecule has 0 unspecified atom stereocenters. The van der Waals surface area contributed by atoms with Gasteiger partial charge in [-0.15, -0.1) is 0 Å². The molecule has 0 saturated carbocycles. The van der Waals surface area contributed by atoms with E-state index >= 15 is 0 Å². The number of nitrogens with zero attached hydrogens (tertiary/aromatic N) is 1. The van der Waals surface area contributed by atoms with Crippen molar-refractivity contribution < 1.29 is 10.2 Å². The molecule has 0 fully saturated rings. The van der Waals surface area contributed by atoms with Crippen LogP contribution in [0.15, 0.2) is 23.8 Å². The highest BCUT2D eigenvalue weighted by Crippen LogP contribution is 2.23. The summed E-state index contributed by atoms with van der Waals surface area (Å²) in [4.78, 5) is 1.93. The van der Waals surface area contributed by atoms with Gasteiger partial charge in [-0.3, -0.25) is 0 Å². The number of anilines is 2. The van der Waals surface area contributed by atoms with Gasteiger partial charge in [-0.1, -0.05) is 11.6 Å². The zero-order valence-electron chi connectivity index (χ0n) is 11.1. The summed E-state index contributed by atoms with van der Waals surface area (Å²) in [6.45, 7) is 5.15. The Bertz CT molecular complexity index is 406. The maximum atomic E-state index is 9.03. The summed E-state index contributed by atoms with van der Waals surface area (Å²) in [5.41, 5.74) is 9.75. The number of aliphatic hydroxyl groups is 2. The maximum absolute atomic E-state index is 9.03. The standard InChI is InChI=1S/C14H22N2O2/c1-11(2)9-12-10-13(3-4-14(12)15)16(5-7-17)6-8-18/h3-4,9-10,17-18H,5-8,15H2,1-2H3. The van der Waals surface area contributed by atoms with Gasteiger partial charge in [0.05, 0.1) is 13.2 Å². The number of allylic oxidation sites excluding steroid dienone is 1. The topological polar surface area (TPSA) is 69.7 Å². The third-order valence-corrected chi connectivity index (χ3v) is 2.62. The molecule has 0 saturated heterocycles. The van der Waals surface area contributed by atoms with Crippen molar-refractivity contribution in [2.24, 2.45) is 0 Å². The molecule has 0 heterocycles. The van der Waals surface area contributed by atoms with Crippen molar-refractivity contribution in [3.05, 3.63) is 29.3 Å². The van der Waals surface area contributed by atoms with Crippen LogP contribution in [0.4, 0.5) is 11.4 Å². The van der Waals surface area contributed by atoms with E-state index in [0.29, 0.717) is 13.1 Å². The zero-order chi connectivity index (χ0) is 13.5. The van der Waals surface area contributed by atoms with Crippen LogP contribution in [0.1, 0.15) is 19.4 Å². The van der Waals surface area contributed by atoms with Crippen LogP contribution in [0, 0.1) is 0 Å². The van der Waals surface area contributed by atoms with Gasteiger partial charge in [0.15, 0.2) is 0 Å². The Morgan fingerprint density at radius 2 is 1.83 bits per heavy atom. The molecule has 0 radical (unpaired) electrons. The summed E-state index contributed by atoms with van der Waals surface area (Å²) in [6, 6.07) is 5.74. The second kappa shape index (κ2) is 7.03. The molecule has 0 aliphatic rings. The third kappa shape index (κ3) is 4.05. The maximum Gasteiger partial charge on any atom is 0.0606 e. The van der Waals surface area contributed by atoms with Gasteiger partial charge < -0.3 is 20.8 Å². The van der Waals surface area contributed by atoms with E-state index in [2.05, 4.69) is 0 Å². The van der Waals surface area contributed by atoms with E-state index in [1.54, 1.807) is 0 Å². The molecule has 4 heteroatoms. The molecule has 0 aliphatic heterocycles. The van der Waals surface area contributed by atoms with E-state index in [-0.39, 0.29) is 13.2 Å². The first-order valence-corrected chi connectivity index (χ1v) is 6.09. The van der Waals surface area contributed by atoms with Gasteiger partial charge in [0, 0.05) is 24.5 Å². The van der Waals surface area contributed by atoms with Gasteiger partial charge in [-0.25, -0.2) is 0 Å². The van der Waals surface area contributed by atoms with Crippen LogP contribution >= 0.6 is 0 Å². The Balaban J connectivity index is 3.04. The fraction of sp³-hybridized carbons (Fsp3) is 0.429. The minimum Gasteiger partial charge on any atom is -0.398 e. The predicted molar refractivity (Wildman–Crippen MR) is 76.6 cm³/mol. The van der Waals surface area contributed by atoms with Crippen molar-refractivity contribution >= 4 is 17.5 Å². The fourth-order valence-electron chi connectivity index (χ4n) is 1.81. The van der Waals surface area contributed by atoms with Gasteiger partial charge in [-0.2, -0.15) is 0 Å². The SMILES string of the molecule is CC(C)=Cc1cc(N(CCO)CCO)ccc1N. The Morgan fingerprint density at radius 1 is 1.22 bits per heavy atom. The minimum absolute atomic E-state index is 0.0579. The molecule has 4 N–H and O–H groups in total. The molecule has 0 aromatic heterocycles. The van der Waals surface area contributed by atoms with Crippen molar-refractivity contribution in [2.75, 3.05) is 36.9 Å². The Kier molecular flexibility index (Phi) is 5.68. The summed E-state index contributed by atoms with van der Waals surface area (Å²) in [5, 5.41) is 18.1. The molecule has 1 rings (SSSR count). The van der Waals surface area contributed by atoms with Crippen LogP contribution in [0.2, 0.25) is 0 Å². The lowest BCUT2D eigenvalue weighted by atomic mass is 10.1. The number of rotatable bonds is 6. The molecule has 0 bridgehead atoms. The van der Waals surface area contributed by atoms with Crippen LogP contribution in [-0.2, 0) is 0 Å². The van der Waals surface area contributed by atoms with Crippen LogP contribution in [-0.4, -0.2) is 36.5 Å². The highest BCUT2D eigenvalue weighted by Gasteiger charge is 2.07. The lowest BCUT2D eigenvalue weighted by molar-refractivity contribution is 0.281. The Hall–Kier alpha value is -1.52. The summed E-state index contributed by atoms with van der Waals surface area (Å²) >= 11 is 0. The van der Waals surface area contributed by atoms with Crippen LogP contribution in [0.5, 0.6) is 0 Å². The van der Waals surface area contributed by atoms with Crippen LogP contribution in [0.25, 0.3) is 6.08 Å². The van der Waals surface area contributed by atoms with Gasteiger partial charge in [0.1, 0.15) is 0 Å². The quantitative estimate of drug-likeness (QED) is 0.669. The molecule has 1 aromatic rings. The predicted octanol–water partition coefficient (Wildman–Crippen LogP) is 1.48. The number of hydrogen-bond donors (Lipinski definition) is 3. The Morgan fingerprint density at radius 3 is 2.33 bits per heavy atom. The van der Waals surface area contributed by atoms with Crippen molar-refractivity contribution in [3.8, 4) is 0 Å². The minimum atomic E-state index is 0.0579. The van der Waals surface area contributed by atoms with Gasteiger partial charge in [0.25, 0.3) is 0 Å². The van der Waals surface area contributed by atoms with E-state index in [4.69, 9.17) is 15.9 Å². The van der Waals surface area contributed by atoms with E-state index < -0.39 is 0 Å². The first-order valence-electron chi connectivity index (χ1n) is 6.09. The normalized spacial score (nSPS) is 10.2. The van der Waals surface area contributed by atoms with Crippen LogP contribution in [0.3, 0.4) is 0 Å². The van der Waals surface area contributed by atoms with Crippen molar-refractivity contribution in [3.63, 3.8) is 0 Å². The molecule has 1 aromatic carbocycles. The van der Waals surface area contributed by atoms with E-state index in [0.717, 1.165) is 16.9 Å². The fourth-order valence-corrected chi connectivity index (χ4v) is 1.81. The van der Waals surface area contributed by atoms with Crippen molar-refractivity contribution in [2.45, 2.75) is 13.8 Å². The highest BCUT2D eigenvalue weighted by atomic mass is 16.3. The molecule has 0 amide bonds. The second-order valence-electron chi connectivity index (χ2n) is 4.47. The summed E-state index contributed by atoms with van der Waals surface area (Å²) in [6.07, 6.45) is 2.02. The van der Waals surface area contributed by atoms with Crippen molar-refractivity contribution in [1.82, 2.24) is 0 Å². The first kappa shape index (κ1) is 14.5. The molecular formula is C14H22N2O2. The third-order valence-electron chi connectivity index (χ3n) is 2.62. The molecule has 4 nitrogen and oxygen atoms in total. The molecule has 0 atom stereocenters. The second-order valence-corrected chi connectivity index (χ2v) is 4.47. The molecule has 0 aliphatic carbocycles. The zero-order valence-corrected chi connectivity index (χ0v) is 11.1. The lowest BCUT2D eigenvalue weighted by Crippen LogP contribution is -2.29. The van der Waals surface area contributed by atoms with Gasteiger partial charge in [0.2, 0.25) is 0 Å². The number of aliphatic hydroxyl groups excluding tert-OH is 2.